The molecule has 3 rings (SSSR count). The van der Waals surface area contributed by atoms with Crippen LogP contribution in [0.3, 0.4) is 0 Å². The third-order valence-electron chi connectivity index (χ3n) is 4.03. The maximum Gasteiger partial charge on any atom is 0.307 e. The minimum atomic E-state index is -0.862. The van der Waals surface area contributed by atoms with Gasteiger partial charge in [-0.05, 0) is 24.7 Å². The van der Waals surface area contributed by atoms with E-state index in [1.807, 2.05) is 12.2 Å². The van der Waals surface area contributed by atoms with Crippen LogP contribution in [0.4, 0.5) is 0 Å². The Morgan fingerprint density at radius 2 is 1.94 bits per heavy atom. The first kappa shape index (κ1) is 10.8. The van der Waals surface area contributed by atoms with Crippen molar-refractivity contribution in [2.45, 2.75) is 12.8 Å². The second-order valence-corrected chi connectivity index (χ2v) is 4.97. The lowest BCUT2D eigenvalue weighted by Gasteiger charge is -2.27. The molecule has 4 unspecified atom stereocenters. The minimum Gasteiger partial charge on any atom is -0.481 e. The molecule has 92 valence electrons. The van der Waals surface area contributed by atoms with Gasteiger partial charge in [0.1, 0.15) is 0 Å². The van der Waals surface area contributed by atoms with Gasteiger partial charge in [0.05, 0.1) is 25.0 Å². The number of allylic oxidation sites excluding steroid dienone is 2. The number of nitrogens with zero attached hydrogens (tertiary/aromatic N) is 1. The number of hydroxylamine groups is 2. The van der Waals surface area contributed by atoms with Gasteiger partial charge in [0.15, 0.2) is 0 Å². The first-order chi connectivity index (χ1) is 8.18. The fraction of sp³-hybridized carbons (Fsp3) is 0.667. The molecule has 1 saturated heterocycles. The number of amides is 1. The van der Waals surface area contributed by atoms with E-state index in [1.165, 1.54) is 5.06 Å². The Kier molecular flexibility index (Phi) is 2.43. The molecular weight excluding hydrogens is 222 g/mol. The van der Waals surface area contributed by atoms with Crippen LogP contribution >= 0.6 is 0 Å². The largest absolute Gasteiger partial charge is 0.481 e. The normalized spacial score (nSPS) is 38.9. The summed E-state index contributed by atoms with van der Waals surface area (Å²) in [6.07, 6.45) is 5.56. The maximum absolute atomic E-state index is 12.3. The summed E-state index contributed by atoms with van der Waals surface area (Å²) in [7, 11) is 0. The third kappa shape index (κ3) is 1.57. The summed E-state index contributed by atoms with van der Waals surface area (Å²) in [5.74, 6) is -1.90. The van der Waals surface area contributed by atoms with Crippen molar-refractivity contribution in [3.8, 4) is 0 Å². The molecule has 5 heteroatoms. The number of aliphatic carboxylic acids is 1. The Morgan fingerprint density at radius 3 is 2.53 bits per heavy atom. The fourth-order valence-electron chi connectivity index (χ4n) is 3.28. The SMILES string of the molecule is O=C(O)C1C2C=CC(C2)C1C(=O)N1CCCO1. The molecule has 0 aromatic rings. The highest BCUT2D eigenvalue weighted by Gasteiger charge is 2.53. The number of carboxylic acids is 1. The van der Waals surface area contributed by atoms with Crippen LogP contribution in [0.1, 0.15) is 12.8 Å². The Hall–Kier alpha value is -1.36. The topological polar surface area (TPSA) is 66.8 Å². The van der Waals surface area contributed by atoms with Gasteiger partial charge in [-0.2, -0.15) is 0 Å². The second-order valence-electron chi connectivity index (χ2n) is 4.97. The number of rotatable bonds is 2. The molecular formula is C12H15NO4. The smallest absolute Gasteiger partial charge is 0.307 e. The first-order valence-corrected chi connectivity index (χ1v) is 6.04. The molecule has 1 saturated carbocycles. The predicted molar refractivity (Wildman–Crippen MR) is 57.6 cm³/mol. The van der Waals surface area contributed by atoms with E-state index < -0.39 is 17.8 Å². The van der Waals surface area contributed by atoms with Crippen LogP contribution in [-0.2, 0) is 14.4 Å². The average molecular weight is 237 g/mol. The van der Waals surface area contributed by atoms with E-state index in [2.05, 4.69) is 0 Å². The van der Waals surface area contributed by atoms with E-state index >= 15 is 0 Å². The number of hydrogen-bond acceptors (Lipinski definition) is 3. The predicted octanol–water partition coefficient (Wildman–Crippen LogP) is 0.673. The third-order valence-corrected chi connectivity index (χ3v) is 4.03. The molecule has 0 aromatic carbocycles. The van der Waals surface area contributed by atoms with Crippen LogP contribution in [0.25, 0.3) is 0 Å². The lowest BCUT2D eigenvalue weighted by Crippen LogP contribution is -2.41. The number of fused-ring (bicyclic) bond motifs is 2. The molecule has 2 aliphatic carbocycles. The zero-order valence-corrected chi connectivity index (χ0v) is 9.41. The van der Waals surface area contributed by atoms with Crippen molar-refractivity contribution >= 4 is 11.9 Å². The Labute approximate surface area is 99.0 Å². The molecule has 0 spiro atoms. The van der Waals surface area contributed by atoms with Crippen molar-refractivity contribution < 1.29 is 19.5 Å². The van der Waals surface area contributed by atoms with Crippen LogP contribution in [0.15, 0.2) is 12.2 Å². The zero-order chi connectivity index (χ0) is 12.0. The lowest BCUT2D eigenvalue weighted by atomic mass is 9.82. The second kappa shape index (κ2) is 3.84. The van der Waals surface area contributed by atoms with Crippen molar-refractivity contribution in [2.75, 3.05) is 13.2 Å². The summed E-state index contributed by atoms with van der Waals surface area (Å²) < 4.78 is 0. The highest BCUT2D eigenvalue weighted by molar-refractivity contribution is 5.86. The average Bonchev–Trinajstić information content (AvgIpc) is 3.02. The molecule has 4 atom stereocenters. The van der Waals surface area contributed by atoms with Gasteiger partial charge in [-0.15, -0.1) is 0 Å². The molecule has 5 nitrogen and oxygen atoms in total. The van der Waals surface area contributed by atoms with E-state index in [1.54, 1.807) is 0 Å². The summed E-state index contributed by atoms with van der Waals surface area (Å²) in [5.41, 5.74) is 0. The van der Waals surface area contributed by atoms with Crippen LogP contribution in [-0.4, -0.2) is 35.2 Å². The maximum atomic E-state index is 12.3. The molecule has 3 aliphatic rings. The molecule has 1 N–H and O–H groups in total. The summed E-state index contributed by atoms with van der Waals surface area (Å²) in [6, 6.07) is 0. The van der Waals surface area contributed by atoms with Gasteiger partial charge < -0.3 is 5.11 Å². The Bertz CT molecular complexity index is 386. The van der Waals surface area contributed by atoms with Crippen LogP contribution in [0.5, 0.6) is 0 Å². The summed E-state index contributed by atoms with van der Waals surface area (Å²) >= 11 is 0. The number of carbonyl (C=O) groups excluding carboxylic acids is 1. The van der Waals surface area contributed by atoms with Gasteiger partial charge >= 0.3 is 5.97 Å². The van der Waals surface area contributed by atoms with Crippen LogP contribution in [0, 0.1) is 23.7 Å². The Balaban J connectivity index is 1.83. The van der Waals surface area contributed by atoms with Crippen molar-refractivity contribution in [1.29, 1.82) is 0 Å². The number of carboxylic acid groups (broad SMARTS) is 1. The van der Waals surface area contributed by atoms with Gasteiger partial charge in [0, 0.05) is 0 Å². The summed E-state index contributed by atoms with van der Waals surface area (Å²) in [4.78, 5) is 28.8. The van der Waals surface area contributed by atoms with Gasteiger partial charge in [0.25, 0.3) is 5.91 Å². The minimum absolute atomic E-state index is 0.0223. The van der Waals surface area contributed by atoms with Crippen molar-refractivity contribution in [2.24, 2.45) is 23.7 Å². The molecule has 1 amide bonds. The zero-order valence-electron chi connectivity index (χ0n) is 9.41. The van der Waals surface area contributed by atoms with E-state index in [0.29, 0.717) is 13.2 Å². The van der Waals surface area contributed by atoms with Crippen molar-refractivity contribution in [3.63, 3.8) is 0 Å². The van der Waals surface area contributed by atoms with Crippen LogP contribution < -0.4 is 0 Å². The highest BCUT2D eigenvalue weighted by atomic mass is 16.7. The van der Waals surface area contributed by atoms with Crippen molar-refractivity contribution in [3.05, 3.63) is 12.2 Å². The molecule has 17 heavy (non-hydrogen) atoms. The van der Waals surface area contributed by atoms with Gasteiger partial charge in [0.2, 0.25) is 0 Å². The molecule has 1 heterocycles. The summed E-state index contributed by atoms with van der Waals surface area (Å²) in [6.45, 7) is 1.14. The van der Waals surface area contributed by atoms with Gasteiger partial charge in [-0.25, -0.2) is 5.06 Å². The standard InChI is InChI=1S/C12H15NO4/c14-11(13-4-1-5-17-13)9-7-2-3-8(6-7)10(9)12(15)16/h2-3,7-10H,1,4-6H2,(H,15,16). The monoisotopic (exact) mass is 237 g/mol. The van der Waals surface area contributed by atoms with E-state index in [-0.39, 0.29) is 17.7 Å². The molecule has 1 aliphatic heterocycles. The highest BCUT2D eigenvalue weighted by Crippen LogP contribution is 2.48. The van der Waals surface area contributed by atoms with Crippen molar-refractivity contribution in [1.82, 2.24) is 5.06 Å². The molecule has 0 radical (unpaired) electrons. The fourth-order valence-corrected chi connectivity index (χ4v) is 3.28. The van der Waals surface area contributed by atoms with Gasteiger partial charge in [-0.3, -0.25) is 14.4 Å². The number of carbonyl (C=O) groups is 2. The molecule has 2 fully saturated rings. The summed E-state index contributed by atoms with van der Waals surface area (Å²) in [5, 5.41) is 10.6. The lowest BCUT2D eigenvalue weighted by molar-refractivity contribution is -0.178. The number of hydrogen-bond donors (Lipinski definition) is 1. The van der Waals surface area contributed by atoms with Crippen LogP contribution in [0.2, 0.25) is 0 Å². The van der Waals surface area contributed by atoms with Gasteiger partial charge in [-0.1, -0.05) is 12.2 Å². The molecule has 2 bridgehead atoms. The Morgan fingerprint density at radius 1 is 1.24 bits per heavy atom. The first-order valence-electron chi connectivity index (χ1n) is 6.04. The molecule has 0 aromatic heterocycles. The quantitative estimate of drug-likeness (QED) is 0.717. The van der Waals surface area contributed by atoms with E-state index in [9.17, 15) is 14.7 Å². The van der Waals surface area contributed by atoms with E-state index in [0.717, 1.165) is 12.8 Å². The van der Waals surface area contributed by atoms with E-state index in [4.69, 9.17) is 4.84 Å².